The second kappa shape index (κ2) is 7.06. The Hall–Kier alpha value is -2.67. The van der Waals surface area contributed by atoms with Gasteiger partial charge >= 0.3 is 0 Å². The summed E-state index contributed by atoms with van der Waals surface area (Å²) >= 11 is 1.58. The number of carbonyl (C=O) groups is 1. The number of primary amides is 1. The van der Waals surface area contributed by atoms with E-state index >= 15 is 0 Å². The van der Waals surface area contributed by atoms with Crippen molar-refractivity contribution in [3.8, 4) is 5.75 Å². The molecule has 25 heavy (non-hydrogen) atoms. The lowest BCUT2D eigenvalue weighted by molar-refractivity contribution is 0.0999. The molecule has 2 heterocycles. The van der Waals surface area contributed by atoms with Crippen LogP contribution in [0.25, 0.3) is 10.2 Å². The topological polar surface area (TPSA) is 90.1 Å². The Kier molecular flexibility index (Phi) is 4.85. The molecule has 3 N–H and O–H groups in total. The molecular weight excluding hydrogens is 336 g/mol. The molecule has 3 aromatic rings. The molecule has 1 amide bonds. The van der Waals surface area contributed by atoms with Gasteiger partial charge in [-0.3, -0.25) is 4.79 Å². The molecule has 0 fully saturated rings. The van der Waals surface area contributed by atoms with Crippen molar-refractivity contribution in [3.05, 3.63) is 41.0 Å². The van der Waals surface area contributed by atoms with Gasteiger partial charge in [0, 0.05) is 5.56 Å². The first-order valence-corrected chi connectivity index (χ1v) is 8.94. The molecule has 130 valence electrons. The summed E-state index contributed by atoms with van der Waals surface area (Å²) < 4.78 is 5.97. The number of hydrogen-bond acceptors (Lipinski definition) is 6. The smallest absolute Gasteiger partial charge is 0.248 e. The molecule has 6 nitrogen and oxygen atoms in total. The van der Waals surface area contributed by atoms with Gasteiger partial charge in [-0.15, -0.1) is 11.3 Å². The highest BCUT2D eigenvalue weighted by atomic mass is 32.1. The van der Waals surface area contributed by atoms with Crippen LogP contribution in [0, 0.1) is 6.92 Å². The number of aryl methyl sites for hydroxylation is 1. The Morgan fingerprint density at radius 2 is 2.20 bits per heavy atom. The molecule has 0 aliphatic heterocycles. The number of aromatic nitrogens is 2. The first-order valence-electron chi connectivity index (χ1n) is 8.06. The lowest BCUT2D eigenvalue weighted by Crippen LogP contribution is -2.14. The normalized spacial score (nSPS) is 12.1. The van der Waals surface area contributed by atoms with Crippen LogP contribution in [0.5, 0.6) is 5.75 Å². The SMILES string of the molecule is CCC(C)Oc1cc(C(N)=O)ccc1Nc1ncnc2scc(C)c12. The van der Waals surface area contributed by atoms with Gasteiger partial charge in [-0.1, -0.05) is 6.92 Å². The van der Waals surface area contributed by atoms with Gasteiger partial charge in [0.25, 0.3) is 0 Å². The minimum Gasteiger partial charge on any atom is -0.489 e. The van der Waals surface area contributed by atoms with Crippen LogP contribution < -0.4 is 15.8 Å². The number of hydrogen-bond donors (Lipinski definition) is 2. The fraction of sp³-hybridized carbons (Fsp3) is 0.278. The third-order valence-corrected chi connectivity index (χ3v) is 4.98. The van der Waals surface area contributed by atoms with Gasteiger partial charge in [-0.25, -0.2) is 9.97 Å². The lowest BCUT2D eigenvalue weighted by atomic mass is 10.1. The monoisotopic (exact) mass is 356 g/mol. The molecule has 0 spiro atoms. The zero-order chi connectivity index (χ0) is 18.0. The second-order valence-corrected chi connectivity index (χ2v) is 6.72. The number of carbonyl (C=O) groups excluding carboxylic acids is 1. The van der Waals surface area contributed by atoms with E-state index in [0.29, 0.717) is 17.1 Å². The molecule has 0 aliphatic carbocycles. The summed E-state index contributed by atoms with van der Waals surface area (Å²) in [5.41, 5.74) is 7.65. The van der Waals surface area contributed by atoms with Gasteiger partial charge < -0.3 is 15.8 Å². The average molecular weight is 356 g/mol. The van der Waals surface area contributed by atoms with Gasteiger partial charge in [0.1, 0.15) is 22.7 Å². The highest BCUT2D eigenvalue weighted by Crippen LogP contribution is 2.34. The van der Waals surface area contributed by atoms with E-state index in [1.54, 1.807) is 29.5 Å². The molecule has 1 unspecified atom stereocenters. The highest BCUT2D eigenvalue weighted by molar-refractivity contribution is 7.17. The molecule has 0 aliphatic rings. The summed E-state index contributed by atoms with van der Waals surface area (Å²) in [7, 11) is 0. The van der Waals surface area contributed by atoms with Crippen molar-refractivity contribution < 1.29 is 9.53 Å². The standard InChI is InChI=1S/C18H20N4O2S/c1-4-11(3)24-14-7-12(16(19)23)5-6-13(14)22-17-15-10(2)8-25-18(15)21-9-20-17/h5-9,11H,4H2,1-3H3,(H2,19,23)(H,20,21,22). The average Bonchev–Trinajstić information content (AvgIpc) is 2.98. The number of nitrogens with zero attached hydrogens (tertiary/aromatic N) is 2. The van der Waals surface area contributed by atoms with Crippen LogP contribution >= 0.6 is 11.3 Å². The van der Waals surface area contributed by atoms with Gasteiger partial charge in [0.2, 0.25) is 5.91 Å². The lowest BCUT2D eigenvalue weighted by Gasteiger charge is -2.18. The molecule has 2 aromatic heterocycles. The van der Waals surface area contributed by atoms with E-state index in [1.165, 1.54) is 6.33 Å². The predicted molar refractivity (Wildman–Crippen MR) is 101 cm³/mol. The van der Waals surface area contributed by atoms with Crippen molar-refractivity contribution in [2.75, 3.05) is 5.32 Å². The van der Waals surface area contributed by atoms with Gasteiger partial charge in [0.15, 0.2) is 0 Å². The number of rotatable bonds is 6. The highest BCUT2D eigenvalue weighted by Gasteiger charge is 2.14. The number of nitrogens with two attached hydrogens (primary N) is 1. The summed E-state index contributed by atoms with van der Waals surface area (Å²) in [6.45, 7) is 6.05. The maximum atomic E-state index is 11.5. The maximum Gasteiger partial charge on any atom is 0.248 e. The largest absolute Gasteiger partial charge is 0.489 e. The quantitative estimate of drug-likeness (QED) is 0.696. The molecule has 1 aromatic carbocycles. The molecule has 7 heteroatoms. The van der Waals surface area contributed by atoms with E-state index in [9.17, 15) is 4.79 Å². The summed E-state index contributed by atoms with van der Waals surface area (Å²) in [6, 6.07) is 5.12. The fourth-order valence-corrected chi connectivity index (χ4v) is 3.31. The molecule has 0 saturated heterocycles. The molecule has 1 atom stereocenters. The van der Waals surface area contributed by atoms with Crippen molar-refractivity contribution in [2.24, 2.45) is 5.73 Å². The fourth-order valence-electron chi connectivity index (χ4n) is 2.42. The Balaban J connectivity index is 2.03. The zero-order valence-electron chi connectivity index (χ0n) is 14.4. The van der Waals surface area contributed by atoms with Crippen molar-refractivity contribution in [1.29, 1.82) is 0 Å². The van der Waals surface area contributed by atoms with E-state index in [2.05, 4.69) is 20.7 Å². The molecule has 0 bridgehead atoms. The molecular formula is C18H20N4O2S. The summed E-state index contributed by atoms with van der Waals surface area (Å²) in [5, 5.41) is 6.36. The van der Waals surface area contributed by atoms with Crippen LogP contribution in [0.4, 0.5) is 11.5 Å². The van der Waals surface area contributed by atoms with Crippen molar-refractivity contribution in [1.82, 2.24) is 9.97 Å². The number of anilines is 2. The van der Waals surface area contributed by atoms with Gasteiger partial charge in [-0.05, 0) is 49.4 Å². The van der Waals surface area contributed by atoms with Gasteiger partial charge in [-0.2, -0.15) is 0 Å². The Morgan fingerprint density at radius 3 is 2.92 bits per heavy atom. The second-order valence-electron chi connectivity index (χ2n) is 5.86. The number of benzene rings is 1. The van der Waals surface area contributed by atoms with Crippen LogP contribution in [0.3, 0.4) is 0 Å². The summed E-state index contributed by atoms with van der Waals surface area (Å²) in [5.74, 6) is 0.800. The predicted octanol–water partition coefficient (Wildman–Crippen LogP) is 4.02. The molecule has 0 radical (unpaired) electrons. The van der Waals surface area contributed by atoms with Crippen molar-refractivity contribution >= 4 is 39.0 Å². The van der Waals surface area contributed by atoms with Crippen LogP contribution in [0.15, 0.2) is 29.9 Å². The van der Waals surface area contributed by atoms with Gasteiger partial charge in [0.05, 0.1) is 17.2 Å². The third kappa shape index (κ3) is 3.56. The van der Waals surface area contributed by atoms with Crippen LogP contribution in [-0.2, 0) is 0 Å². The minimum atomic E-state index is -0.487. The van der Waals surface area contributed by atoms with Crippen LogP contribution in [0.1, 0.15) is 36.2 Å². The summed E-state index contributed by atoms with van der Waals surface area (Å²) in [4.78, 5) is 21.1. The van der Waals surface area contributed by atoms with Crippen LogP contribution in [0.2, 0.25) is 0 Å². The zero-order valence-corrected chi connectivity index (χ0v) is 15.2. The Bertz CT molecular complexity index is 923. The number of nitrogens with one attached hydrogen (secondary N) is 1. The number of ether oxygens (including phenoxy) is 1. The number of amides is 1. The molecule has 0 saturated carbocycles. The van der Waals surface area contributed by atoms with E-state index < -0.39 is 5.91 Å². The number of fused-ring (bicyclic) bond motifs is 1. The first kappa shape index (κ1) is 17.2. The van der Waals surface area contributed by atoms with Crippen molar-refractivity contribution in [3.63, 3.8) is 0 Å². The van der Waals surface area contributed by atoms with E-state index in [0.717, 1.165) is 27.9 Å². The first-order chi connectivity index (χ1) is 12.0. The van der Waals surface area contributed by atoms with Crippen molar-refractivity contribution in [2.45, 2.75) is 33.3 Å². The number of thiophene rings is 1. The van der Waals surface area contributed by atoms with E-state index in [4.69, 9.17) is 10.5 Å². The maximum absolute atomic E-state index is 11.5. The molecule has 3 rings (SSSR count). The van der Waals surface area contributed by atoms with E-state index in [-0.39, 0.29) is 6.10 Å². The minimum absolute atomic E-state index is 0.0111. The Morgan fingerprint density at radius 1 is 1.40 bits per heavy atom. The third-order valence-electron chi connectivity index (χ3n) is 3.98. The van der Waals surface area contributed by atoms with E-state index in [1.807, 2.05) is 20.8 Å². The van der Waals surface area contributed by atoms with Crippen LogP contribution in [-0.4, -0.2) is 22.0 Å². The summed E-state index contributed by atoms with van der Waals surface area (Å²) in [6.07, 6.45) is 2.40. The Labute approximate surface area is 150 Å².